The molecule has 3 N–H and O–H groups in total. The van der Waals surface area contributed by atoms with Crippen molar-refractivity contribution in [1.82, 2.24) is 5.43 Å². The summed E-state index contributed by atoms with van der Waals surface area (Å²) < 4.78 is 0. The molecule has 0 aliphatic heterocycles. The van der Waals surface area contributed by atoms with Crippen LogP contribution >= 0.6 is 0 Å². The standard InChI is InChI=1S/C10H13N3/c11-13-10(12-9-6-7-9)8-4-2-1-3-5-8/h1-5,9H,6-7,11H2,(H,12,13). The van der Waals surface area contributed by atoms with Crippen molar-refractivity contribution in [2.24, 2.45) is 10.8 Å². The number of amidine groups is 1. The Morgan fingerprint density at radius 2 is 2.00 bits per heavy atom. The topological polar surface area (TPSA) is 50.4 Å². The van der Waals surface area contributed by atoms with E-state index in [0.29, 0.717) is 6.04 Å². The normalized spacial score (nSPS) is 17.2. The van der Waals surface area contributed by atoms with Gasteiger partial charge < -0.3 is 5.43 Å². The fourth-order valence-corrected chi connectivity index (χ4v) is 1.18. The lowest BCUT2D eigenvalue weighted by Gasteiger charge is -2.04. The molecule has 68 valence electrons. The molecule has 2 rings (SSSR count). The van der Waals surface area contributed by atoms with Crippen molar-refractivity contribution in [2.45, 2.75) is 18.9 Å². The van der Waals surface area contributed by atoms with Gasteiger partial charge in [-0.2, -0.15) is 0 Å². The molecule has 1 aliphatic carbocycles. The van der Waals surface area contributed by atoms with Gasteiger partial charge in [0, 0.05) is 5.56 Å². The number of rotatable bonds is 2. The highest BCUT2D eigenvalue weighted by molar-refractivity contribution is 5.98. The predicted octanol–water partition coefficient (Wildman–Crippen LogP) is 1.06. The van der Waals surface area contributed by atoms with Gasteiger partial charge in [-0.05, 0) is 12.8 Å². The maximum atomic E-state index is 5.40. The van der Waals surface area contributed by atoms with Crippen molar-refractivity contribution in [3.05, 3.63) is 35.9 Å². The van der Waals surface area contributed by atoms with Crippen LogP contribution in [-0.2, 0) is 0 Å². The molecular formula is C10H13N3. The SMILES string of the molecule is NNC(=NC1CC1)c1ccccc1. The first-order valence-electron chi connectivity index (χ1n) is 4.50. The van der Waals surface area contributed by atoms with Crippen molar-refractivity contribution in [1.29, 1.82) is 0 Å². The Hall–Kier alpha value is -1.35. The van der Waals surface area contributed by atoms with Crippen LogP contribution in [0, 0.1) is 0 Å². The number of nitrogens with two attached hydrogens (primary N) is 1. The molecule has 1 aliphatic rings. The number of benzene rings is 1. The van der Waals surface area contributed by atoms with Crippen LogP contribution in [0.1, 0.15) is 18.4 Å². The molecule has 1 saturated carbocycles. The average Bonchev–Trinajstić information content (AvgIpc) is 2.99. The van der Waals surface area contributed by atoms with E-state index >= 15 is 0 Å². The third kappa shape index (κ3) is 2.06. The van der Waals surface area contributed by atoms with Gasteiger partial charge in [0.2, 0.25) is 0 Å². The first-order chi connectivity index (χ1) is 6.40. The number of hydrogen-bond acceptors (Lipinski definition) is 2. The molecule has 0 aromatic heterocycles. The average molecular weight is 175 g/mol. The Balaban J connectivity index is 2.21. The first kappa shape index (κ1) is 8.26. The van der Waals surface area contributed by atoms with Crippen molar-refractivity contribution >= 4 is 5.84 Å². The summed E-state index contributed by atoms with van der Waals surface area (Å²) >= 11 is 0. The molecule has 3 heteroatoms. The van der Waals surface area contributed by atoms with Crippen LogP contribution in [0.4, 0.5) is 0 Å². The van der Waals surface area contributed by atoms with Crippen LogP contribution in [0.5, 0.6) is 0 Å². The number of hydrazine groups is 1. The van der Waals surface area contributed by atoms with Gasteiger partial charge in [0.05, 0.1) is 6.04 Å². The monoisotopic (exact) mass is 175 g/mol. The van der Waals surface area contributed by atoms with E-state index in [9.17, 15) is 0 Å². The summed E-state index contributed by atoms with van der Waals surface area (Å²) in [7, 11) is 0. The highest BCUT2D eigenvalue weighted by Gasteiger charge is 2.21. The van der Waals surface area contributed by atoms with E-state index < -0.39 is 0 Å². The second kappa shape index (κ2) is 3.58. The molecule has 0 saturated heterocycles. The van der Waals surface area contributed by atoms with Crippen LogP contribution < -0.4 is 11.3 Å². The summed E-state index contributed by atoms with van der Waals surface area (Å²) in [4.78, 5) is 4.46. The van der Waals surface area contributed by atoms with Crippen LogP contribution in [0.3, 0.4) is 0 Å². The molecule has 0 amide bonds. The van der Waals surface area contributed by atoms with Gasteiger partial charge in [-0.3, -0.25) is 4.99 Å². The van der Waals surface area contributed by atoms with Gasteiger partial charge in [-0.1, -0.05) is 30.3 Å². The summed E-state index contributed by atoms with van der Waals surface area (Å²) in [5.74, 6) is 6.19. The number of nitrogens with zero attached hydrogens (tertiary/aromatic N) is 1. The third-order valence-electron chi connectivity index (χ3n) is 2.04. The molecule has 0 radical (unpaired) electrons. The zero-order valence-corrected chi connectivity index (χ0v) is 7.40. The third-order valence-corrected chi connectivity index (χ3v) is 2.04. The second-order valence-electron chi connectivity index (χ2n) is 3.22. The molecule has 0 bridgehead atoms. The Morgan fingerprint density at radius 3 is 2.54 bits per heavy atom. The van der Waals surface area contributed by atoms with Crippen molar-refractivity contribution in [3.63, 3.8) is 0 Å². The lowest BCUT2D eigenvalue weighted by Crippen LogP contribution is -2.31. The second-order valence-corrected chi connectivity index (χ2v) is 3.22. The highest BCUT2D eigenvalue weighted by Crippen LogP contribution is 2.23. The molecule has 1 aromatic carbocycles. The Kier molecular flexibility index (Phi) is 2.27. The molecular weight excluding hydrogens is 162 g/mol. The number of aliphatic imine (C=N–C) groups is 1. The van der Waals surface area contributed by atoms with E-state index in [1.807, 2.05) is 30.3 Å². The van der Waals surface area contributed by atoms with Gasteiger partial charge in [-0.15, -0.1) is 0 Å². The highest BCUT2D eigenvalue weighted by atomic mass is 15.3. The minimum atomic E-state index is 0.492. The van der Waals surface area contributed by atoms with Gasteiger partial charge >= 0.3 is 0 Å². The minimum Gasteiger partial charge on any atom is -0.308 e. The Morgan fingerprint density at radius 1 is 1.31 bits per heavy atom. The maximum Gasteiger partial charge on any atom is 0.142 e. The molecule has 1 aromatic rings. The Labute approximate surface area is 77.6 Å². The lowest BCUT2D eigenvalue weighted by molar-refractivity contribution is 0.971. The van der Waals surface area contributed by atoms with E-state index in [0.717, 1.165) is 11.4 Å². The zero-order valence-electron chi connectivity index (χ0n) is 7.40. The van der Waals surface area contributed by atoms with Crippen molar-refractivity contribution in [2.75, 3.05) is 0 Å². The van der Waals surface area contributed by atoms with E-state index in [2.05, 4.69) is 10.4 Å². The van der Waals surface area contributed by atoms with Crippen LogP contribution in [0.2, 0.25) is 0 Å². The van der Waals surface area contributed by atoms with Crippen molar-refractivity contribution in [3.8, 4) is 0 Å². The molecule has 0 heterocycles. The van der Waals surface area contributed by atoms with Gasteiger partial charge in [0.15, 0.2) is 0 Å². The fourth-order valence-electron chi connectivity index (χ4n) is 1.18. The quantitative estimate of drug-likeness (QED) is 0.305. The van der Waals surface area contributed by atoms with Crippen LogP contribution in [0.25, 0.3) is 0 Å². The number of hydrogen-bond donors (Lipinski definition) is 2. The van der Waals surface area contributed by atoms with Crippen LogP contribution in [-0.4, -0.2) is 11.9 Å². The summed E-state index contributed by atoms with van der Waals surface area (Å²) in [6.45, 7) is 0. The van der Waals surface area contributed by atoms with Gasteiger partial charge in [0.1, 0.15) is 5.84 Å². The largest absolute Gasteiger partial charge is 0.308 e. The summed E-state index contributed by atoms with van der Waals surface area (Å²) in [6, 6.07) is 10.4. The predicted molar refractivity (Wildman–Crippen MR) is 53.3 cm³/mol. The molecule has 0 atom stereocenters. The van der Waals surface area contributed by atoms with Crippen LogP contribution in [0.15, 0.2) is 35.3 Å². The van der Waals surface area contributed by atoms with E-state index in [1.54, 1.807) is 0 Å². The molecule has 0 unspecified atom stereocenters. The lowest BCUT2D eigenvalue weighted by atomic mass is 10.2. The Bertz CT molecular complexity index is 301. The summed E-state index contributed by atoms with van der Waals surface area (Å²) in [6.07, 6.45) is 2.38. The van der Waals surface area contributed by atoms with Gasteiger partial charge in [-0.25, -0.2) is 5.84 Å². The van der Waals surface area contributed by atoms with E-state index in [1.165, 1.54) is 12.8 Å². The summed E-state index contributed by atoms with van der Waals surface area (Å²) in [5.41, 5.74) is 3.69. The zero-order chi connectivity index (χ0) is 9.10. The number of nitrogens with one attached hydrogen (secondary N) is 1. The fraction of sp³-hybridized carbons (Fsp3) is 0.300. The molecule has 3 nitrogen and oxygen atoms in total. The van der Waals surface area contributed by atoms with Gasteiger partial charge in [0.25, 0.3) is 0 Å². The molecule has 0 spiro atoms. The van der Waals surface area contributed by atoms with E-state index in [-0.39, 0.29) is 0 Å². The first-order valence-corrected chi connectivity index (χ1v) is 4.50. The summed E-state index contributed by atoms with van der Waals surface area (Å²) in [5, 5.41) is 0. The molecule has 1 fully saturated rings. The van der Waals surface area contributed by atoms with Crippen molar-refractivity contribution < 1.29 is 0 Å². The maximum absolute atomic E-state index is 5.40. The molecule has 13 heavy (non-hydrogen) atoms. The minimum absolute atomic E-state index is 0.492. The smallest absolute Gasteiger partial charge is 0.142 e. The van der Waals surface area contributed by atoms with E-state index in [4.69, 9.17) is 5.84 Å².